The van der Waals surface area contributed by atoms with Crippen molar-refractivity contribution in [3.8, 4) is 0 Å². The molecule has 0 spiro atoms. The molecule has 13 heavy (non-hydrogen) atoms. The Morgan fingerprint density at radius 1 is 1.46 bits per heavy atom. The molecule has 2 rings (SSSR count). The molecule has 1 aromatic rings. The van der Waals surface area contributed by atoms with E-state index in [9.17, 15) is 0 Å². The first-order chi connectivity index (χ1) is 6.07. The molecule has 2 heterocycles. The minimum absolute atomic E-state index is 0.210. The molecular weight excluding hydrogens is 160 g/mol. The zero-order valence-corrected chi connectivity index (χ0v) is 8.67. The molecule has 0 amide bonds. The lowest BCUT2D eigenvalue weighted by Crippen LogP contribution is -2.34. The largest absolute Gasteiger partial charge is 0.349 e. The highest BCUT2D eigenvalue weighted by Crippen LogP contribution is 2.25. The minimum atomic E-state index is 0.210. The van der Waals surface area contributed by atoms with Gasteiger partial charge < -0.3 is 9.88 Å². The summed E-state index contributed by atoms with van der Waals surface area (Å²) in [5, 5.41) is 3.41. The van der Waals surface area contributed by atoms with Gasteiger partial charge in [-0.2, -0.15) is 0 Å². The topological polar surface area (TPSA) is 17.0 Å². The normalized spacial score (nSPS) is 22.8. The summed E-state index contributed by atoms with van der Waals surface area (Å²) < 4.78 is 2.28. The Labute approximate surface area is 79.9 Å². The van der Waals surface area contributed by atoms with Crippen LogP contribution in [0.5, 0.6) is 0 Å². The van der Waals surface area contributed by atoms with Gasteiger partial charge in [0.25, 0.3) is 0 Å². The van der Waals surface area contributed by atoms with Gasteiger partial charge in [0.2, 0.25) is 0 Å². The second-order valence-electron chi connectivity index (χ2n) is 4.82. The Kier molecular flexibility index (Phi) is 1.95. The van der Waals surface area contributed by atoms with Crippen LogP contribution in [0.1, 0.15) is 38.8 Å². The highest BCUT2D eigenvalue weighted by atomic mass is 15.0. The summed E-state index contributed by atoms with van der Waals surface area (Å²) in [7, 11) is 0. The SMILES string of the molecule is CC(C)(C)n1ccc([C@@H]2CCN2)c1. The van der Waals surface area contributed by atoms with Crippen LogP contribution in [0.4, 0.5) is 0 Å². The molecule has 0 aromatic carbocycles. The van der Waals surface area contributed by atoms with E-state index in [1.54, 1.807) is 0 Å². The van der Waals surface area contributed by atoms with Crippen LogP contribution in [0.15, 0.2) is 18.5 Å². The van der Waals surface area contributed by atoms with E-state index in [0.717, 1.165) is 0 Å². The molecule has 0 bridgehead atoms. The first-order valence-corrected chi connectivity index (χ1v) is 4.99. The summed E-state index contributed by atoms with van der Waals surface area (Å²) in [4.78, 5) is 0. The molecule has 0 aliphatic carbocycles. The van der Waals surface area contributed by atoms with E-state index in [4.69, 9.17) is 0 Å². The molecule has 1 N–H and O–H groups in total. The third-order valence-corrected chi connectivity index (χ3v) is 2.72. The van der Waals surface area contributed by atoms with Crippen molar-refractivity contribution < 1.29 is 0 Å². The Hall–Kier alpha value is -0.760. The van der Waals surface area contributed by atoms with Crippen molar-refractivity contribution in [2.75, 3.05) is 6.54 Å². The lowest BCUT2D eigenvalue weighted by atomic mass is 10.0. The summed E-state index contributed by atoms with van der Waals surface area (Å²) in [5.41, 5.74) is 1.64. The second kappa shape index (κ2) is 2.88. The van der Waals surface area contributed by atoms with Crippen LogP contribution in [-0.2, 0) is 5.54 Å². The number of aromatic nitrogens is 1. The van der Waals surface area contributed by atoms with E-state index in [1.165, 1.54) is 18.5 Å². The summed E-state index contributed by atoms with van der Waals surface area (Å²) >= 11 is 0. The number of hydrogen-bond acceptors (Lipinski definition) is 1. The first-order valence-electron chi connectivity index (χ1n) is 4.99. The molecule has 1 aromatic heterocycles. The maximum Gasteiger partial charge on any atom is 0.0355 e. The maximum atomic E-state index is 3.41. The molecule has 1 fully saturated rings. The van der Waals surface area contributed by atoms with E-state index in [2.05, 4.69) is 49.1 Å². The standard InChI is InChI=1S/C11H18N2/c1-11(2,3)13-7-5-9(8-13)10-4-6-12-10/h5,7-8,10,12H,4,6H2,1-3H3/t10-/m0/s1. The fourth-order valence-corrected chi connectivity index (χ4v) is 1.61. The number of nitrogens with one attached hydrogen (secondary N) is 1. The van der Waals surface area contributed by atoms with Crippen LogP contribution in [0, 0.1) is 0 Å². The summed E-state index contributed by atoms with van der Waals surface area (Å²) in [6.45, 7) is 7.85. The number of nitrogens with zero attached hydrogens (tertiary/aromatic N) is 1. The van der Waals surface area contributed by atoms with E-state index in [1.807, 2.05) is 0 Å². The Morgan fingerprint density at radius 3 is 2.54 bits per heavy atom. The van der Waals surface area contributed by atoms with Gasteiger partial charge in [-0.3, -0.25) is 0 Å². The fraction of sp³-hybridized carbons (Fsp3) is 0.636. The van der Waals surface area contributed by atoms with Crippen molar-refractivity contribution in [1.29, 1.82) is 0 Å². The monoisotopic (exact) mass is 178 g/mol. The summed E-state index contributed by atoms with van der Waals surface area (Å²) in [6.07, 6.45) is 5.72. The third-order valence-electron chi connectivity index (χ3n) is 2.72. The lowest BCUT2D eigenvalue weighted by Gasteiger charge is -2.27. The predicted octanol–water partition coefficient (Wildman–Crippen LogP) is 2.28. The van der Waals surface area contributed by atoms with Gasteiger partial charge in [0.05, 0.1) is 0 Å². The summed E-state index contributed by atoms with van der Waals surface area (Å²) in [5.74, 6) is 0. The fourth-order valence-electron chi connectivity index (χ4n) is 1.61. The average molecular weight is 178 g/mol. The Balaban J connectivity index is 2.17. The molecular formula is C11H18N2. The van der Waals surface area contributed by atoms with Crippen LogP contribution >= 0.6 is 0 Å². The van der Waals surface area contributed by atoms with Gasteiger partial charge in [-0.1, -0.05) is 0 Å². The van der Waals surface area contributed by atoms with Gasteiger partial charge >= 0.3 is 0 Å². The molecule has 0 unspecified atom stereocenters. The van der Waals surface area contributed by atoms with Crippen molar-refractivity contribution >= 4 is 0 Å². The quantitative estimate of drug-likeness (QED) is 0.698. The van der Waals surface area contributed by atoms with Crippen LogP contribution < -0.4 is 5.32 Å². The minimum Gasteiger partial charge on any atom is -0.349 e. The van der Waals surface area contributed by atoms with Crippen molar-refractivity contribution in [3.63, 3.8) is 0 Å². The van der Waals surface area contributed by atoms with Crippen LogP contribution in [0.2, 0.25) is 0 Å². The van der Waals surface area contributed by atoms with Crippen molar-refractivity contribution in [1.82, 2.24) is 9.88 Å². The summed E-state index contributed by atoms with van der Waals surface area (Å²) in [6, 6.07) is 2.84. The molecule has 72 valence electrons. The third kappa shape index (κ3) is 1.63. The van der Waals surface area contributed by atoms with Crippen molar-refractivity contribution in [3.05, 3.63) is 24.0 Å². The molecule has 2 heteroatoms. The smallest absolute Gasteiger partial charge is 0.0355 e. The molecule has 1 aliphatic rings. The van der Waals surface area contributed by atoms with Crippen molar-refractivity contribution in [2.24, 2.45) is 0 Å². The van der Waals surface area contributed by atoms with E-state index in [0.29, 0.717) is 6.04 Å². The van der Waals surface area contributed by atoms with E-state index in [-0.39, 0.29) is 5.54 Å². The predicted molar refractivity (Wildman–Crippen MR) is 54.8 cm³/mol. The van der Waals surface area contributed by atoms with Crippen LogP contribution in [0.25, 0.3) is 0 Å². The highest BCUT2D eigenvalue weighted by Gasteiger charge is 2.21. The number of rotatable bonds is 1. The van der Waals surface area contributed by atoms with Gasteiger partial charge in [0.15, 0.2) is 0 Å². The van der Waals surface area contributed by atoms with Gasteiger partial charge in [0.1, 0.15) is 0 Å². The highest BCUT2D eigenvalue weighted by molar-refractivity contribution is 5.18. The molecule has 2 nitrogen and oxygen atoms in total. The molecule has 1 atom stereocenters. The zero-order valence-electron chi connectivity index (χ0n) is 8.67. The molecule has 1 saturated heterocycles. The molecule has 0 radical (unpaired) electrons. The van der Waals surface area contributed by atoms with E-state index >= 15 is 0 Å². The van der Waals surface area contributed by atoms with Gasteiger partial charge in [-0.05, 0) is 45.4 Å². The molecule has 0 saturated carbocycles. The first kappa shape index (κ1) is 8.82. The van der Waals surface area contributed by atoms with Crippen molar-refractivity contribution in [2.45, 2.75) is 38.8 Å². The van der Waals surface area contributed by atoms with E-state index < -0.39 is 0 Å². The Morgan fingerprint density at radius 2 is 2.15 bits per heavy atom. The molecule has 1 aliphatic heterocycles. The Bertz CT molecular complexity index is 289. The van der Waals surface area contributed by atoms with Crippen LogP contribution in [-0.4, -0.2) is 11.1 Å². The van der Waals surface area contributed by atoms with Gasteiger partial charge in [-0.15, -0.1) is 0 Å². The zero-order chi connectivity index (χ0) is 9.47. The van der Waals surface area contributed by atoms with Gasteiger partial charge in [-0.25, -0.2) is 0 Å². The number of hydrogen-bond donors (Lipinski definition) is 1. The average Bonchev–Trinajstić information content (AvgIpc) is 2.29. The second-order valence-corrected chi connectivity index (χ2v) is 4.82. The van der Waals surface area contributed by atoms with Gasteiger partial charge in [0, 0.05) is 24.0 Å². The van der Waals surface area contributed by atoms with Crippen LogP contribution in [0.3, 0.4) is 0 Å². The lowest BCUT2D eigenvalue weighted by molar-refractivity contribution is 0.374. The maximum absolute atomic E-state index is 3.41.